The number of ketones is 1. The molecule has 28 heavy (non-hydrogen) atoms. The van der Waals surface area contributed by atoms with Gasteiger partial charge in [-0.1, -0.05) is 25.1 Å². The Bertz CT molecular complexity index is 884. The number of rotatable bonds is 7. The Morgan fingerprint density at radius 2 is 1.75 bits per heavy atom. The van der Waals surface area contributed by atoms with Gasteiger partial charge in [0.15, 0.2) is 5.78 Å². The first kappa shape index (κ1) is 21.4. The van der Waals surface area contributed by atoms with Gasteiger partial charge in [-0.05, 0) is 44.9 Å². The van der Waals surface area contributed by atoms with Gasteiger partial charge in [-0.3, -0.25) is 9.59 Å². The van der Waals surface area contributed by atoms with Crippen molar-refractivity contribution in [2.75, 3.05) is 13.7 Å². The fourth-order valence-electron chi connectivity index (χ4n) is 3.54. The Kier molecular flexibility index (Phi) is 6.78. The van der Waals surface area contributed by atoms with E-state index >= 15 is 0 Å². The third-order valence-electron chi connectivity index (χ3n) is 5.15. The predicted molar refractivity (Wildman–Crippen MR) is 108 cm³/mol. The number of carbonyl (C=O) groups excluding carboxylic acids is 3. The van der Waals surface area contributed by atoms with Crippen LogP contribution >= 0.6 is 0 Å². The third kappa shape index (κ3) is 3.86. The maximum atomic E-state index is 13.4. The fraction of sp³-hybridized carbons (Fsp3) is 0.409. The minimum Gasteiger partial charge on any atom is -0.464 e. The van der Waals surface area contributed by atoms with Crippen LogP contribution < -0.4 is 0 Å². The van der Waals surface area contributed by atoms with Crippen LogP contribution in [0.1, 0.15) is 62.7 Å². The van der Waals surface area contributed by atoms with Gasteiger partial charge in [-0.15, -0.1) is 0 Å². The lowest BCUT2D eigenvalue weighted by Gasteiger charge is -2.28. The van der Waals surface area contributed by atoms with E-state index in [9.17, 15) is 14.4 Å². The molecule has 0 saturated carbocycles. The molecular weight excluding hydrogens is 356 g/mol. The first-order chi connectivity index (χ1) is 13.3. The van der Waals surface area contributed by atoms with E-state index in [-0.39, 0.29) is 11.7 Å². The molecule has 6 nitrogen and oxygen atoms in total. The summed E-state index contributed by atoms with van der Waals surface area (Å²) in [4.78, 5) is 40.1. The van der Waals surface area contributed by atoms with Crippen LogP contribution in [0.3, 0.4) is 0 Å². The Labute approximate surface area is 166 Å². The van der Waals surface area contributed by atoms with Crippen molar-refractivity contribution in [3.8, 4) is 0 Å². The molecule has 0 unspecified atom stereocenters. The van der Waals surface area contributed by atoms with Crippen LogP contribution in [-0.4, -0.2) is 46.8 Å². The van der Waals surface area contributed by atoms with Crippen molar-refractivity contribution < 1.29 is 19.1 Å². The minimum absolute atomic E-state index is 0.178. The van der Waals surface area contributed by atoms with Crippen LogP contribution in [0.5, 0.6) is 0 Å². The molecular formula is C22H28N2O4. The molecule has 2 rings (SSSR count). The van der Waals surface area contributed by atoms with Gasteiger partial charge in [0.25, 0.3) is 5.91 Å². The molecule has 1 aromatic carbocycles. The second kappa shape index (κ2) is 8.87. The summed E-state index contributed by atoms with van der Waals surface area (Å²) < 4.78 is 6.52. The number of benzene rings is 1. The molecule has 1 heterocycles. The van der Waals surface area contributed by atoms with E-state index in [2.05, 4.69) is 0 Å². The molecule has 0 aliphatic rings. The molecule has 0 spiro atoms. The monoisotopic (exact) mass is 384 g/mol. The highest BCUT2D eigenvalue weighted by Crippen LogP contribution is 2.25. The molecule has 6 heteroatoms. The van der Waals surface area contributed by atoms with E-state index in [1.165, 1.54) is 7.11 Å². The Hall–Kier alpha value is -2.89. The second-order valence-electron chi connectivity index (χ2n) is 6.89. The topological polar surface area (TPSA) is 68.6 Å². The summed E-state index contributed by atoms with van der Waals surface area (Å²) in [6, 6.07) is 8.29. The highest BCUT2D eigenvalue weighted by atomic mass is 16.5. The number of methoxy groups -OCH3 is 1. The van der Waals surface area contributed by atoms with Crippen LogP contribution in [-0.2, 0) is 11.8 Å². The molecule has 1 aromatic heterocycles. The van der Waals surface area contributed by atoms with Crippen molar-refractivity contribution >= 4 is 17.7 Å². The number of amides is 1. The van der Waals surface area contributed by atoms with Crippen LogP contribution in [0.4, 0.5) is 0 Å². The molecule has 0 aliphatic carbocycles. The van der Waals surface area contributed by atoms with Gasteiger partial charge in [0.1, 0.15) is 5.69 Å². The standard InChI is InChI=1S/C22H28N2O4/c1-7-13-24(21(26)17-11-9-8-10-12-17)16(4)20(25)18-14(2)19(22(27)28-6)23(5)15(18)3/h8-12,16H,7,13H2,1-6H3/t16-/m1/s1. The van der Waals surface area contributed by atoms with Crippen LogP contribution in [0.15, 0.2) is 30.3 Å². The molecule has 0 N–H and O–H groups in total. The van der Waals surface area contributed by atoms with E-state index in [0.29, 0.717) is 34.6 Å². The Morgan fingerprint density at radius 1 is 1.14 bits per heavy atom. The number of hydrogen-bond acceptors (Lipinski definition) is 4. The summed E-state index contributed by atoms with van der Waals surface area (Å²) in [7, 11) is 3.05. The maximum Gasteiger partial charge on any atom is 0.354 e. The van der Waals surface area contributed by atoms with Crippen molar-refractivity contribution in [3.63, 3.8) is 0 Å². The normalized spacial score (nSPS) is 11.8. The van der Waals surface area contributed by atoms with Gasteiger partial charge in [0, 0.05) is 30.4 Å². The first-order valence-corrected chi connectivity index (χ1v) is 9.40. The quantitative estimate of drug-likeness (QED) is 0.541. The highest BCUT2D eigenvalue weighted by Gasteiger charge is 2.32. The fourth-order valence-corrected chi connectivity index (χ4v) is 3.54. The minimum atomic E-state index is -0.655. The van der Waals surface area contributed by atoms with Crippen molar-refractivity contribution in [1.29, 1.82) is 0 Å². The average molecular weight is 384 g/mol. The van der Waals surface area contributed by atoms with Gasteiger partial charge < -0.3 is 14.2 Å². The van der Waals surface area contributed by atoms with Crippen LogP contribution in [0.25, 0.3) is 0 Å². The summed E-state index contributed by atoms with van der Waals surface area (Å²) in [6.07, 6.45) is 0.732. The van der Waals surface area contributed by atoms with Crippen LogP contribution in [0.2, 0.25) is 0 Å². The first-order valence-electron chi connectivity index (χ1n) is 9.40. The molecule has 0 fully saturated rings. The SMILES string of the molecule is CCCN(C(=O)c1ccccc1)[C@H](C)C(=O)c1c(C)c(C(=O)OC)n(C)c1C. The van der Waals surface area contributed by atoms with Crippen molar-refractivity contribution in [1.82, 2.24) is 9.47 Å². The lowest BCUT2D eigenvalue weighted by Crippen LogP contribution is -2.44. The number of carbonyl (C=O) groups is 3. The lowest BCUT2D eigenvalue weighted by atomic mass is 9.99. The molecule has 1 atom stereocenters. The average Bonchev–Trinajstić information content (AvgIpc) is 2.93. The van der Waals surface area contributed by atoms with Crippen molar-refractivity contribution in [3.05, 3.63) is 58.4 Å². The van der Waals surface area contributed by atoms with Crippen molar-refractivity contribution in [2.24, 2.45) is 7.05 Å². The van der Waals surface area contributed by atoms with Crippen molar-refractivity contribution in [2.45, 2.75) is 40.2 Å². The van der Waals surface area contributed by atoms with Gasteiger partial charge in [-0.25, -0.2) is 4.79 Å². The Balaban J connectivity index is 2.44. The van der Waals surface area contributed by atoms with E-state index in [4.69, 9.17) is 4.74 Å². The molecule has 2 aromatic rings. The lowest BCUT2D eigenvalue weighted by molar-refractivity contribution is 0.0588. The number of ether oxygens (including phenoxy) is 1. The van der Waals surface area contributed by atoms with Gasteiger partial charge in [0.05, 0.1) is 13.2 Å². The number of aromatic nitrogens is 1. The predicted octanol–water partition coefficient (Wildman–Crippen LogP) is 3.55. The zero-order valence-electron chi connectivity index (χ0n) is 17.4. The molecule has 0 aliphatic heterocycles. The molecule has 0 bridgehead atoms. The largest absolute Gasteiger partial charge is 0.464 e. The number of Topliss-reactive ketones (excluding diaryl/α,β-unsaturated/α-hetero) is 1. The second-order valence-corrected chi connectivity index (χ2v) is 6.89. The van der Waals surface area contributed by atoms with Crippen LogP contribution in [0, 0.1) is 13.8 Å². The van der Waals surface area contributed by atoms with E-state index < -0.39 is 12.0 Å². The van der Waals surface area contributed by atoms with Gasteiger partial charge in [0.2, 0.25) is 0 Å². The van der Waals surface area contributed by atoms with E-state index in [1.54, 1.807) is 61.6 Å². The summed E-state index contributed by atoms with van der Waals surface area (Å²) >= 11 is 0. The van der Waals surface area contributed by atoms with E-state index in [0.717, 1.165) is 6.42 Å². The summed E-state index contributed by atoms with van der Waals surface area (Å²) in [5.41, 5.74) is 2.63. The Morgan fingerprint density at radius 3 is 2.29 bits per heavy atom. The number of hydrogen-bond donors (Lipinski definition) is 0. The molecule has 0 radical (unpaired) electrons. The zero-order chi connectivity index (χ0) is 21.0. The number of nitrogens with zero attached hydrogens (tertiary/aromatic N) is 2. The van der Waals surface area contributed by atoms with Gasteiger partial charge >= 0.3 is 5.97 Å². The molecule has 150 valence electrons. The maximum absolute atomic E-state index is 13.4. The molecule has 1 amide bonds. The van der Waals surface area contributed by atoms with E-state index in [1.807, 2.05) is 13.0 Å². The summed E-state index contributed by atoms with van der Waals surface area (Å²) in [5.74, 6) is -0.846. The summed E-state index contributed by atoms with van der Waals surface area (Å²) in [6.45, 7) is 7.71. The van der Waals surface area contributed by atoms with Gasteiger partial charge in [-0.2, -0.15) is 0 Å². The zero-order valence-corrected chi connectivity index (χ0v) is 17.4. The summed E-state index contributed by atoms with van der Waals surface area (Å²) in [5, 5.41) is 0. The highest BCUT2D eigenvalue weighted by molar-refractivity contribution is 6.07. The smallest absolute Gasteiger partial charge is 0.354 e. The number of esters is 1. The molecule has 0 saturated heterocycles. The third-order valence-corrected chi connectivity index (χ3v) is 5.15.